The monoisotopic (exact) mass is 450 g/mol. The molecule has 3 aromatic carbocycles. The van der Waals surface area contributed by atoms with Crippen LogP contribution in [0.5, 0.6) is 0 Å². The van der Waals surface area contributed by atoms with Crippen molar-refractivity contribution < 1.29 is 17.9 Å². The first kappa shape index (κ1) is 22.0. The molecule has 6 nitrogen and oxygen atoms in total. The molecule has 1 atom stereocenters. The van der Waals surface area contributed by atoms with E-state index in [1.807, 2.05) is 36.4 Å². The number of carbonyl (C=O) groups excluding carboxylic acids is 1. The number of ether oxygens (including phenoxy) is 1. The van der Waals surface area contributed by atoms with Gasteiger partial charge in [-0.2, -0.15) is 0 Å². The third-order valence-electron chi connectivity index (χ3n) is 5.41. The Bertz CT molecular complexity index is 1140. The second-order valence-electron chi connectivity index (χ2n) is 7.71. The molecule has 4 rings (SSSR count). The van der Waals surface area contributed by atoms with Gasteiger partial charge >= 0.3 is 0 Å². The van der Waals surface area contributed by atoms with Crippen molar-refractivity contribution in [1.82, 2.24) is 5.32 Å². The van der Waals surface area contributed by atoms with Gasteiger partial charge in [0.05, 0.1) is 23.2 Å². The first-order chi connectivity index (χ1) is 15.5. The van der Waals surface area contributed by atoms with Gasteiger partial charge in [-0.1, -0.05) is 54.6 Å². The molecule has 166 valence electrons. The second-order valence-corrected chi connectivity index (χ2v) is 9.57. The van der Waals surface area contributed by atoms with E-state index >= 15 is 0 Å². The average Bonchev–Trinajstić information content (AvgIpc) is 3.36. The molecule has 1 N–H and O–H groups in total. The van der Waals surface area contributed by atoms with Gasteiger partial charge in [0.2, 0.25) is 0 Å². The van der Waals surface area contributed by atoms with Crippen molar-refractivity contribution in [2.45, 2.75) is 30.4 Å². The van der Waals surface area contributed by atoms with E-state index in [0.717, 1.165) is 18.4 Å². The summed E-state index contributed by atoms with van der Waals surface area (Å²) in [7, 11) is -3.91. The standard InChI is InChI=1S/C25H26N2O4S/c28-25(26-18-23-14-8-16-31-23)21-11-7-15-24(17-21)32(29,30)27(22-12-5-2-6-13-22)19-20-9-3-1-4-10-20/h1-7,9-13,15,17,23H,8,14,16,18-19H2,(H,26,28)/t23-/m1/s1. The van der Waals surface area contributed by atoms with E-state index in [9.17, 15) is 13.2 Å². The van der Waals surface area contributed by atoms with Gasteiger partial charge in [0, 0.05) is 18.7 Å². The molecular weight excluding hydrogens is 424 g/mol. The van der Waals surface area contributed by atoms with E-state index < -0.39 is 10.0 Å². The van der Waals surface area contributed by atoms with Crippen molar-refractivity contribution in [1.29, 1.82) is 0 Å². The molecule has 0 unspecified atom stereocenters. The van der Waals surface area contributed by atoms with Crippen LogP contribution >= 0.6 is 0 Å². The molecule has 0 spiro atoms. The van der Waals surface area contributed by atoms with Crippen LogP contribution in [-0.2, 0) is 21.3 Å². The fraction of sp³-hybridized carbons (Fsp3) is 0.240. The Morgan fingerprint density at radius 3 is 2.38 bits per heavy atom. The lowest BCUT2D eigenvalue weighted by Crippen LogP contribution is -2.32. The summed E-state index contributed by atoms with van der Waals surface area (Å²) < 4.78 is 34.2. The molecule has 0 aromatic heterocycles. The average molecular weight is 451 g/mol. The fourth-order valence-electron chi connectivity index (χ4n) is 3.70. The SMILES string of the molecule is O=C(NC[C@H]1CCCO1)c1cccc(S(=O)(=O)N(Cc2ccccc2)c2ccccc2)c1. The van der Waals surface area contributed by atoms with Crippen molar-refractivity contribution in [3.05, 3.63) is 96.1 Å². The van der Waals surface area contributed by atoms with E-state index in [-0.39, 0.29) is 23.5 Å². The number of benzene rings is 3. The third-order valence-corrected chi connectivity index (χ3v) is 7.18. The number of hydrogen-bond acceptors (Lipinski definition) is 4. The lowest BCUT2D eigenvalue weighted by molar-refractivity contribution is 0.0857. The van der Waals surface area contributed by atoms with Gasteiger partial charge < -0.3 is 10.1 Å². The van der Waals surface area contributed by atoms with Crippen LogP contribution in [0.25, 0.3) is 0 Å². The molecule has 0 aliphatic carbocycles. The smallest absolute Gasteiger partial charge is 0.264 e. The van der Waals surface area contributed by atoms with Gasteiger partial charge in [-0.15, -0.1) is 0 Å². The Labute approximate surface area is 188 Å². The summed E-state index contributed by atoms with van der Waals surface area (Å²) in [5.41, 5.74) is 1.73. The van der Waals surface area contributed by atoms with Crippen LogP contribution in [-0.4, -0.2) is 33.6 Å². The molecule has 1 heterocycles. The summed E-state index contributed by atoms with van der Waals surface area (Å²) in [6.45, 7) is 1.31. The van der Waals surface area contributed by atoms with Crippen molar-refractivity contribution in [2.75, 3.05) is 17.5 Å². The number of sulfonamides is 1. The molecular formula is C25H26N2O4S. The van der Waals surface area contributed by atoms with Crippen LogP contribution < -0.4 is 9.62 Å². The maximum Gasteiger partial charge on any atom is 0.264 e. The first-order valence-electron chi connectivity index (χ1n) is 10.7. The highest BCUT2D eigenvalue weighted by Crippen LogP contribution is 2.26. The molecule has 1 saturated heterocycles. The summed E-state index contributed by atoms with van der Waals surface area (Å²) in [6.07, 6.45) is 1.93. The number of carbonyl (C=O) groups is 1. The number of nitrogens with one attached hydrogen (secondary N) is 1. The first-order valence-corrected chi connectivity index (χ1v) is 12.1. The third kappa shape index (κ3) is 5.18. The maximum absolute atomic E-state index is 13.7. The summed E-state index contributed by atoms with van der Waals surface area (Å²) in [4.78, 5) is 12.7. The Hall–Kier alpha value is -3.16. The number of nitrogens with zero attached hydrogens (tertiary/aromatic N) is 1. The number of anilines is 1. The van der Waals surface area contributed by atoms with E-state index in [1.54, 1.807) is 36.4 Å². The highest BCUT2D eigenvalue weighted by molar-refractivity contribution is 7.92. The molecule has 1 fully saturated rings. The normalized spacial score (nSPS) is 15.9. The van der Waals surface area contributed by atoms with Crippen molar-refractivity contribution in [3.8, 4) is 0 Å². The Morgan fingerprint density at radius 2 is 1.69 bits per heavy atom. The van der Waals surface area contributed by atoms with E-state index in [0.29, 0.717) is 24.4 Å². The Morgan fingerprint density at radius 1 is 0.969 bits per heavy atom. The van der Waals surface area contributed by atoms with Gasteiger partial charge in [-0.3, -0.25) is 9.10 Å². The fourth-order valence-corrected chi connectivity index (χ4v) is 5.20. The quantitative estimate of drug-likeness (QED) is 0.563. The predicted molar refractivity (Wildman–Crippen MR) is 124 cm³/mol. The summed E-state index contributed by atoms with van der Waals surface area (Å²) >= 11 is 0. The zero-order valence-electron chi connectivity index (χ0n) is 17.7. The van der Waals surface area contributed by atoms with Gasteiger partial charge in [0.15, 0.2) is 0 Å². The molecule has 7 heteroatoms. The minimum Gasteiger partial charge on any atom is -0.376 e. The molecule has 0 saturated carbocycles. The van der Waals surface area contributed by atoms with Gasteiger partial charge in [0.1, 0.15) is 0 Å². The van der Waals surface area contributed by atoms with Crippen LogP contribution in [0.15, 0.2) is 89.8 Å². The van der Waals surface area contributed by atoms with Crippen LogP contribution in [0.3, 0.4) is 0 Å². The summed E-state index contributed by atoms with van der Waals surface area (Å²) in [5, 5.41) is 2.85. The van der Waals surface area contributed by atoms with Gasteiger partial charge in [-0.25, -0.2) is 8.42 Å². The Balaban J connectivity index is 1.60. The number of hydrogen-bond donors (Lipinski definition) is 1. The van der Waals surface area contributed by atoms with E-state index in [1.165, 1.54) is 16.4 Å². The molecule has 0 bridgehead atoms. The van der Waals surface area contributed by atoms with Crippen LogP contribution in [0, 0.1) is 0 Å². The highest BCUT2D eigenvalue weighted by atomic mass is 32.2. The van der Waals surface area contributed by atoms with Crippen molar-refractivity contribution >= 4 is 21.6 Å². The Kier molecular flexibility index (Phi) is 6.87. The summed E-state index contributed by atoms with van der Waals surface area (Å²) in [5.74, 6) is -0.313. The van der Waals surface area contributed by atoms with Crippen LogP contribution in [0.4, 0.5) is 5.69 Å². The molecule has 1 amide bonds. The zero-order valence-corrected chi connectivity index (χ0v) is 18.5. The molecule has 1 aliphatic rings. The molecule has 0 radical (unpaired) electrons. The minimum absolute atomic E-state index is 0.0188. The number of rotatable bonds is 8. The van der Waals surface area contributed by atoms with Crippen molar-refractivity contribution in [3.63, 3.8) is 0 Å². The largest absolute Gasteiger partial charge is 0.376 e. The lowest BCUT2D eigenvalue weighted by Gasteiger charge is -2.25. The highest BCUT2D eigenvalue weighted by Gasteiger charge is 2.26. The van der Waals surface area contributed by atoms with Gasteiger partial charge in [-0.05, 0) is 48.7 Å². The lowest BCUT2D eigenvalue weighted by atomic mass is 10.2. The van der Waals surface area contributed by atoms with E-state index in [2.05, 4.69) is 5.32 Å². The molecule has 32 heavy (non-hydrogen) atoms. The summed E-state index contributed by atoms with van der Waals surface area (Å²) in [6, 6.07) is 24.6. The van der Waals surface area contributed by atoms with E-state index in [4.69, 9.17) is 4.74 Å². The predicted octanol–water partition coefficient (Wildman–Crippen LogP) is 3.99. The number of amides is 1. The van der Waals surface area contributed by atoms with Crippen LogP contribution in [0.1, 0.15) is 28.8 Å². The van der Waals surface area contributed by atoms with Gasteiger partial charge in [0.25, 0.3) is 15.9 Å². The molecule has 1 aliphatic heterocycles. The second kappa shape index (κ2) is 9.97. The van der Waals surface area contributed by atoms with Crippen molar-refractivity contribution in [2.24, 2.45) is 0 Å². The zero-order chi connectivity index (χ0) is 22.4. The molecule has 3 aromatic rings. The van der Waals surface area contributed by atoms with Crippen LogP contribution in [0.2, 0.25) is 0 Å². The maximum atomic E-state index is 13.7. The minimum atomic E-state index is -3.91. The number of para-hydroxylation sites is 1. The topological polar surface area (TPSA) is 75.7 Å².